The molecule has 6 nitrogen and oxygen atoms in total. The zero-order chi connectivity index (χ0) is 15.8. The number of nitrogens with zero attached hydrogens (tertiary/aromatic N) is 2. The molecule has 0 amide bonds. The van der Waals surface area contributed by atoms with Gasteiger partial charge in [-0.15, -0.1) is 0 Å². The largest absolute Gasteiger partial charge is 0.402 e. The number of hydrogen-bond acceptors (Lipinski definition) is 5. The molecule has 0 radical (unpaired) electrons. The fourth-order valence-electron chi connectivity index (χ4n) is 1.75. The summed E-state index contributed by atoms with van der Waals surface area (Å²) in [6.45, 7) is -1.53. The molecule has 1 fully saturated rings. The van der Waals surface area contributed by atoms with E-state index in [-0.39, 0.29) is 10.8 Å². The Morgan fingerprint density at radius 3 is 2.52 bits per heavy atom. The second-order valence-electron chi connectivity index (χ2n) is 4.54. The average molecular weight is 345 g/mol. The van der Waals surface area contributed by atoms with E-state index in [2.05, 4.69) is 10.4 Å². The number of nitrogens with one attached hydrogen (secondary N) is 1. The molecule has 0 spiro atoms. The number of anilines is 1. The van der Waals surface area contributed by atoms with Crippen molar-refractivity contribution in [2.75, 3.05) is 12.0 Å². The SMILES string of the molecule is NNc1ncc(S(=O)(=O)N(CC(F)(F)F)C2CC2)cc1Cl. The summed E-state index contributed by atoms with van der Waals surface area (Å²) in [4.78, 5) is 3.27. The van der Waals surface area contributed by atoms with Gasteiger partial charge in [0.25, 0.3) is 0 Å². The van der Waals surface area contributed by atoms with E-state index in [0.717, 1.165) is 12.3 Å². The van der Waals surface area contributed by atoms with E-state index < -0.39 is 33.7 Å². The lowest BCUT2D eigenvalue weighted by Gasteiger charge is -2.23. The van der Waals surface area contributed by atoms with E-state index in [1.807, 2.05) is 0 Å². The van der Waals surface area contributed by atoms with Crippen LogP contribution in [-0.2, 0) is 10.0 Å². The predicted molar refractivity (Wildman–Crippen MR) is 70.0 cm³/mol. The van der Waals surface area contributed by atoms with Gasteiger partial charge in [0.05, 0.1) is 5.02 Å². The van der Waals surface area contributed by atoms with Crippen LogP contribution in [0.1, 0.15) is 12.8 Å². The lowest BCUT2D eigenvalue weighted by atomic mass is 10.5. The first-order valence-corrected chi connectivity index (χ1v) is 7.67. The summed E-state index contributed by atoms with van der Waals surface area (Å²) in [7, 11) is -4.32. The van der Waals surface area contributed by atoms with Crippen LogP contribution in [0.25, 0.3) is 0 Å². The Bertz CT molecular complexity index is 634. The van der Waals surface area contributed by atoms with Crippen LogP contribution >= 0.6 is 11.6 Å². The molecule has 1 aliphatic rings. The van der Waals surface area contributed by atoms with E-state index in [4.69, 9.17) is 17.4 Å². The minimum absolute atomic E-state index is 0.0319. The first-order valence-electron chi connectivity index (χ1n) is 5.86. The van der Waals surface area contributed by atoms with Crippen LogP contribution in [0.5, 0.6) is 0 Å². The summed E-state index contributed by atoms with van der Waals surface area (Å²) >= 11 is 5.76. The van der Waals surface area contributed by atoms with Gasteiger partial charge in [-0.1, -0.05) is 11.6 Å². The number of pyridine rings is 1. The Morgan fingerprint density at radius 1 is 1.48 bits per heavy atom. The Hall–Kier alpha value is -1.10. The zero-order valence-corrected chi connectivity index (χ0v) is 12.1. The van der Waals surface area contributed by atoms with Gasteiger partial charge in [0.1, 0.15) is 11.4 Å². The molecule has 1 heterocycles. The molecule has 0 aliphatic heterocycles. The van der Waals surface area contributed by atoms with E-state index in [1.54, 1.807) is 0 Å². The van der Waals surface area contributed by atoms with Crippen molar-refractivity contribution in [3.05, 3.63) is 17.3 Å². The monoisotopic (exact) mass is 344 g/mol. The third kappa shape index (κ3) is 3.76. The normalized spacial score (nSPS) is 16.3. The second kappa shape index (κ2) is 5.59. The van der Waals surface area contributed by atoms with Gasteiger partial charge in [-0.2, -0.15) is 17.5 Å². The van der Waals surface area contributed by atoms with Crippen molar-refractivity contribution >= 4 is 27.4 Å². The summed E-state index contributed by atoms with van der Waals surface area (Å²) in [6.07, 6.45) is -2.90. The maximum atomic E-state index is 12.6. The Balaban J connectivity index is 2.36. The van der Waals surface area contributed by atoms with E-state index in [1.165, 1.54) is 0 Å². The van der Waals surface area contributed by atoms with Crippen molar-refractivity contribution < 1.29 is 21.6 Å². The molecular weight excluding hydrogens is 333 g/mol. The number of aromatic nitrogens is 1. The molecule has 118 valence electrons. The molecule has 1 aromatic heterocycles. The fourth-order valence-corrected chi connectivity index (χ4v) is 3.68. The number of sulfonamides is 1. The molecule has 2 rings (SSSR count). The smallest absolute Gasteiger partial charge is 0.307 e. The van der Waals surface area contributed by atoms with E-state index >= 15 is 0 Å². The van der Waals surface area contributed by atoms with Crippen LogP contribution in [0.2, 0.25) is 5.02 Å². The fraction of sp³-hybridized carbons (Fsp3) is 0.500. The van der Waals surface area contributed by atoms with Gasteiger partial charge in [-0.25, -0.2) is 19.2 Å². The first kappa shape index (κ1) is 16.3. The van der Waals surface area contributed by atoms with Crippen LogP contribution in [0.15, 0.2) is 17.2 Å². The van der Waals surface area contributed by atoms with Gasteiger partial charge in [0, 0.05) is 12.2 Å². The van der Waals surface area contributed by atoms with Crippen molar-refractivity contribution in [3.8, 4) is 0 Å². The van der Waals surface area contributed by atoms with E-state index in [0.29, 0.717) is 17.1 Å². The van der Waals surface area contributed by atoms with Gasteiger partial charge < -0.3 is 5.43 Å². The lowest BCUT2D eigenvalue weighted by molar-refractivity contribution is -0.137. The molecule has 1 saturated carbocycles. The Labute approximate surface area is 124 Å². The number of hydrazine groups is 1. The number of alkyl halides is 3. The van der Waals surface area contributed by atoms with Gasteiger partial charge >= 0.3 is 6.18 Å². The van der Waals surface area contributed by atoms with Crippen LogP contribution in [-0.4, -0.2) is 36.5 Å². The van der Waals surface area contributed by atoms with Gasteiger partial charge in [0.2, 0.25) is 10.0 Å². The Morgan fingerprint density at radius 2 is 2.10 bits per heavy atom. The Kier molecular flexibility index (Phi) is 4.34. The summed E-state index contributed by atoms with van der Waals surface area (Å²) < 4.78 is 62.8. The molecule has 0 bridgehead atoms. The number of halogens is 4. The van der Waals surface area contributed by atoms with Crippen molar-refractivity contribution in [1.82, 2.24) is 9.29 Å². The van der Waals surface area contributed by atoms with Crippen molar-refractivity contribution in [2.24, 2.45) is 5.84 Å². The molecule has 0 unspecified atom stereocenters. The molecule has 0 aromatic carbocycles. The molecule has 1 aromatic rings. The summed E-state index contributed by atoms with van der Waals surface area (Å²) in [5.74, 6) is 5.14. The number of hydrogen-bond donors (Lipinski definition) is 2. The summed E-state index contributed by atoms with van der Waals surface area (Å²) in [5, 5.41) is -0.0960. The average Bonchev–Trinajstić information content (AvgIpc) is 3.18. The maximum absolute atomic E-state index is 12.6. The molecule has 0 saturated heterocycles. The number of nitrogen functional groups attached to an aromatic ring is 1. The summed E-state index contributed by atoms with van der Waals surface area (Å²) in [5.41, 5.74) is 2.14. The maximum Gasteiger partial charge on any atom is 0.402 e. The molecule has 1 aliphatic carbocycles. The minimum Gasteiger partial charge on any atom is -0.307 e. The number of rotatable bonds is 5. The lowest BCUT2D eigenvalue weighted by Crippen LogP contribution is -2.40. The van der Waals surface area contributed by atoms with E-state index in [9.17, 15) is 21.6 Å². The highest BCUT2D eigenvalue weighted by Crippen LogP contribution is 2.35. The molecule has 3 N–H and O–H groups in total. The van der Waals surface area contributed by atoms with Crippen LogP contribution in [0.3, 0.4) is 0 Å². The first-order chi connectivity index (χ1) is 9.65. The highest BCUT2D eigenvalue weighted by molar-refractivity contribution is 7.89. The predicted octanol–water partition coefficient (Wildman–Crippen LogP) is 1.74. The minimum atomic E-state index is -4.62. The van der Waals surface area contributed by atoms with Gasteiger partial charge in [-0.3, -0.25) is 0 Å². The van der Waals surface area contributed by atoms with Gasteiger partial charge in [-0.05, 0) is 18.9 Å². The molecule has 21 heavy (non-hydrogen) atoms. The quantitative estimate of drug-likeness (QED) is 0.627. The third-order valence-corrected chi connectivity index (χ3v) is 5.00. The van der Waals surface area contributed by atoms with Crippen molar-refractivity contribution in [2.45, 2.75) is 30.0 Å². The van der Waals surface area contributed by atoms with Crippen LogP contribution in [0.4, 0.5) is 19.0 Å². The van der Waals surface area contributed by atoms with Crippen LogP contribution < -0.4 is 11.3 Å². The highest BCUT2D eigenvalue weighted by Gasteiger charge is 2.44. The highest BCUT2D eigenvalue weighted by atomic mass is 35.5. The third-order valence-electron chi connectivity index (χ3n) is 2.85. The standard InChI is InChI=1S/C10H12ClF3N4O2S/c11-8-3-7(4-16-9(8)17-15)21(19,20)18(6-1-2-6)5-10(12,13)14/h3-4,6H,1-2,5,15H2,(H,16,17). The second-order valence-corrected chi connectivity index (χ2v) is 6.84. The molecule has 11 heteroatoms. The molecular formula is C10H12ClF3N4O2S. The topological polar surface area (TPSA) is 88.3 Å². The van der Waals surface area contributed by atoms with Crippen molar-refractivity contribution in [3.63, 3.8) is 0 Å². The zero-order valence-electron chi connectivity index (χ0n) is 10.6. The van der Waals surface area contributed by atoms with Crippen LogP contribution in [0, 0.1) is 0 Å². The van der Waals surface area contributed by atoms with Crippen molar-refractivity contribution in [1.29, 1.82) is 0 Å². The number of nitrogens with two attached hydrogens (primary N) is 1. The molecule has 0 atom stereocenters. The van der Waals surface area contributed by atoms with Gasteiger partial charge in [0.15, 0.2) is 5.82 Å². The summed E-state index contributed by atoms with van der Waals surface area (Å²) in [6, 6.07) is 0.382.